The molecule has 80 valence electrons. The van der Waals surface area contributed by atoms with Crippen molar-refractivity contribution in [2.45, 2.75) is 13.0 Å². The number of hydrogen-bond acceptors (Lipinski definition) is 3. The molecular weight excluding hydrogens is 214 g/mol. The minimum Gasteiger partial charge on any atom is -0.465 e. The lowest BCUT2D eigenvalue weighted by atomic mass is 10.2. The molecule has 5 heteroatoms. The monoisotopic (exact) mass is 225 g/mol. The van der Waals surface area contributed by atoms with E-state index in [1.807, 2.05) is 11.0 Å². The molecule has 1 saturated heterocycles. The van der Waals surface area contributed by atoms with Gasteiger partial charge in [-0.2, -0.15) is 0 Å². The standard InChI is InChI=1S/C10H12ClN3O/c11-9-3-2-8(6-13-9)7-14-4-1-5-15-10(14)12/h2-3,6,12H,1,4-5,7H2. The van der Waals surface area contributed by atoms with E-state index in [-0.39, 0.29) is 6.02 Å². The van der Waals surface area contributed by atoms with E-state index < -0.39 is 0 Å². The Morgan fingerprint density at radius 1 is 1.53 bits per heavy atom. The summed E-state index contributed by atoms with van der Waals surface area (Å²) in [6, 6.07) is 3.92. The van der Waals surface area contributed by atoms with Crippen LogP contribution in [-0.4, -0.2) is 29.1 Å². The maximum atomic E-state index is 7.59. The van der Waals surface area contributed by atoms with Crippen LogP contribution in [0.2, 0.25) is 5.15 Å². The van der Waals surface area contributed by atoms with E-state index in [0.717, 1.165) is 18.5 Å². The lowest BCUT2D eigenvalue weighted by molar-refractivity contribution is 0.167. The third kappa shape index (κ3) is 2.59. The van der Waals surface area contributed by atoms with Gasteiger partial charge in [0.05, 0.1) is 6.61 Å². The van der Waals surface area contributed by atoms with Crippen LogP contribution in [-0.2, 0) is 11.3 Å². The highest BCUT2D eigenvalue weighted by Crippen LogP contribution is 2.11. The van der Waals surface area contributed by atoms with Crippen molar-refractivity contribution >= 4 is 17.6 Å². The number of aromatic nitrogens is 1. The molecule has 1 aliphatic rings. The molecule has 2 heterocycles. The molecular formula is C10H12ClN3O. The van der Waals surface area contributed by atoms with E-state index in [9.17, 15) is 0 Å². The first-order valence-electron chi connectivity index (χ1n) is 4.82. The van der Waals surface area contributed by atoms with Gasteiger partial charge >= 0.3 is 0 Å². The molecule has 0 aromatic carbocycles. The van der Waals surface area contributed by atoms with Gasteiger partial charge in [-0.15, -0.1) is 0 Å². The van der Waals surface area contributed by atoms with Crippen LogP contribution in [0.4, 0.5) is 0 Å². The largest absolute Gasteiger partial charge is 0.465 e. The second-order valence-corrected chi connectivity index (χ2v) is 3.81. The van der Waals surface area contributed by atoms with Crippen LogP contribution in [0.1, 0.15) is 12.0 Å². The van der Waals surface area contributed by atoms with Crippen molar-refractivity contribution < 1.29 is 4.74 Å². The van der Waals surface area contributed by atoms with Gasteiger partial charge in [-0.05, 0) is 18.1 Å². The molecule has 0 atom stereocenters. The smallest absolute Gasteiger partial charge is 0.284 e. The van der Waals surface area contributed by atoms with Gasteiger partial charge in [0, 0.05) is 19.3 Å². The van der Waals surface area contributed by atoms with Crippen LogP contribution >= 0.6 is 11.6 Å². The van der Waals surface area contributed by atoms with Crippen molar-refractivity contribution in [3.63, 3.8) is 0 Å². The van der Waals surface area contributed by atoms with Gasteiger partial charge in [0.2, 0.25) is 0 Å². The Morgan fingerprint density at radius 2 is 2.40 bits per heavy atom. The van der Waals surface area contributed by atoms with Crippen LogP contribution < -0.4 is 0 Å². The number of amidine groups is 1. The minimum absolute atomic E-state index is 0.246. The molecule has 2 rings (SSSR count). The fourth-order valence-electron chi connectivity index (χ4n) is 1.49. The van der Waals surface area contributed by atoms with Gasteiger partial charge in [-0.1, -0.05) is 17.7 Å². The maximum absolute atomic E-state index is 7.59. The Hall–Kier alpha value is -1.29. The van der Waals surface area contributed by atoms with Crippen LogP contribution in [0.5, 0.6) is 0 Å². The van der Waals surface area contributed by atoms with Gasteiger partial charge in [-0.3, -0.25) is 5.41 Å². The zero-order valence-electron chi connectivity index (χ0n) is 8.24. The second-order valence-electron chi connectivity index (χ2n) is 3.42. The Labute approximate surface area is 93.3 Å². The molecule has 0 aliphatic carbocycles. The molecule has 15 heavy (non-hydrogen) atoms. The number of rotatable bonds is 2. The Kier molecular flexibility index (Phi) is 3.06. The predicted molar refractivity (Wildman–Crippen MR) is 58.0 cm³/mol. The molecule has 4 nitrogen and oxygen atoms in total. The number of nitrogens with zero attached hydrogens (tertiary/aromatic N) is 2. The summed E-state index contributed by atoms with van der Waals surface area (Å²) in [6.07, 6.45) is 2.69. The fraction of sp³-hybridized carbons (Fsp3) is 0.400. The van der Waals surface area contributed by atoms with Gasteiger partial charge < -0.3 is 9.64 Å². The zero-order chi connectivity index (χ0) is 10.7. The Morgan fingerprint density at radius 3 is 3.07 bits per heavy atom. The van der Waals surface area contributed by atoms with Crippen molar-refractivity contribution in [1.82, 2.24) is 9.88 Å². The summed E-state index contributed by atoms with van der Waals surface area (Å²) < 4.78 is 5.15. The molecule has 0 saturated carbocycles. The van der Waals surface area contributed by atoms with Crippen LogP contribution in [0.25, 0.3) is 0 Å². The van der Waals surface area contributed by atoms with Crippen molar-refractivity contribution in [2.75, 3.05) is 13.2 Å². The molecule has 0 bridgehead atoms. The summed E-state index contributed by atoms with van der Waals surface area (Å²) in [4.78, 5) is 5.88. The molecule has 0 spiro atoms. The van der Waals surface area contributed by atoms with Crippen LogP contribution in [0.15, 0.2) is 18.3 Å². The molecule has 1 N–H and O–H groups in total. The average molecular weight is 226 g/mol. The molecule has 1 aliphatic heterocycles. The van der Waals surface area contributed by atoms with Gasteiger partial charge in [0.15, 0.2) is 0 Å². The summed E-state index contributed by atoms with van der Waals surface area (Å²) in [5.41, 5.74) is 1.04. The minimum atomic E-state index is 0.246. The second kappa shape index (κ2) is 4.49. The van der Waals surface area contributed by atoms with Crippen LogP contribution in [0, 0.1) is 5.41 Å². The van der Waals surface area contributed by atoms with Crippen molar-refractivity contribution in [1.29, 1.82) is 5.41 Å². The first kappa shape index (κ1) is 10.2. The van der Waals surface area contributed by atoms with Gasteiger partial charge in [0.1, 0.15) is 5.15 Å². The number of ether oxygens (including phenoxy) is 1. The Balaban J connectivity index is 2.01. The zero-order valence-corrected chi connectivity index (χ0v) is 9.00. The normalized spacial score (nSPS) is 16.3. The SMILES string of the molecule is N=C1OCCCN1Cc1ccc(Cl)nc1. The van der Waals surface area contributed by atoms with Crippen molar-refractivity contribution in [3.8, 4) is 0 Å². The van der Waals surface area contributed by atoms with Gasteiger partial charge in [0.25, 0.3) is 6.02 Å². The highest BCUT2D eigenvalue weighted by Gasteiger charge is 2.16. The predicted octanol–water partition coefficient (Wildman–Crippen LogP) is 1.89. The van der Waals surface area contributed by atoms with Crippen LogP contribution in [0.3, 0.4) is 0 Å². The highest BCUT2D eigenvalue weighted by molar-refractivity contribution is 6.29. The summed E-state index contributed by atoms with van der Waals surface area (Å²) in [6.45, 7) is 2.17. The average Bonchev–Trinajstić information content (AvgIpc) is 2.25. The maximum Gasteiger partial charge on any atom is 0.284 e. The summed E-state index contributed by atoms with van der Waals surface area (Å²) in [7, 11) is 0. The van der Waals surface area contributed by atoms with Crippen molar-refractivity contribution in [3.05, 3.63) is 29.0 Å². The third-order valence-electron chi connectivity index (χ3n) is 2.26. The first-order valence-corrected chi connectivity index (χ1v) is 5.20. The molecule has 0 amide bonds. The molecule has 0 unspecified atom stereocenters. The highest BCUT2D eigenvalue weighted by atomic mass is 35.5. The van der Waals surface area contributed by atoms with E-state index in [1.165, 1.54) is 0 Å². The van der Waals surface area contributed by atoms with E-state index in [2.05, 4.69) is 4.98 Å². The van der Waals surface area contributed by atoms with Crippen molar-refractivity contribution in [2.24, 2.45) is 0 Å². The van der Waals surface area contributed by atoms with E-state index >= 15 is 0 Å². The quantitative estimate of drug-likeness (QED) is 0.782. The topological polar surface area (TPSA) is 49.2 Å². The van der Waals surface area contributed by atoms with E-state index in [1.54, 1.807) is 12.3 Å². The summed E-state index contributed by atoms with van der Waals surface area (Å²) >= 11 is 5.69. The van der Waals surface area contributed by atoms with Gasteiger partial charge in [-0.25, -0.2) is 4.98 Å². The number of halogens is 1. The third-order valence-corrected chi connectivity index (χ3v) is 2.48. The molecule has 1 aromatic heterocycles. The fourth-order valence-corrected chi connectivity index (χ4v) is 1.60. The lowest BCUT2D eigenvalue weighted by Gasteiger charge is -2.28. The first-order chi connectivity index (χ1) is 7.25. The number of pyridine rings is 1. The summed E-state index contributed by atoms with van der Waals surface area (Å²) in [5, 5.41) is 8.08. The number of nitrogens with one attached hydrogen (secondary N) is 1. The van der Waals surface area contributed by atoms with E-state index in [0.29, 0.717) is 18.3 Å². The Bertz CT molecular complexity index is 352. The summed E-state index contributed by atoms with van der Waals surface area (Å²) in [5.74, 6) is 0. The molecule has 0 radical (unpaired) electrons. The lowest BCUT2D eigenvalue weighted by Crippen LogP contribution is -2.37. The van der Waals surface area contributed by atoms with E-state index in [4.69, 9.17) is 21.7 Å². The number of hydrogen-bond donors (Lipinski definition) is 1. The molecule has 1 aromatic rings. The molecule has 1 fully saturated rings.